The molecule has 16 heavy (non-hydrogen) atoms. The van der Waals surface area contributed by atoms with Gasteiger partial charge in [0.25, 0.3) is 0 Å². The van der Waals surface area contributed by atoms with E-state index in [1.807, 2.05) is 13.8 Å². The van der Waals surface area contributed by atoms with Gasteiger partial charge < -0.3 is 9.47 Å². The van der Waals surface area contributed by atoms with Crippen molar-refractivity contribution in [2.45, 2.75) is 27.7 Å². The summed E-state index contributed by atoms with van der Waals surface area (Å²) < 4.78 is 9.93. The fourth-order valence-corrected chi connectivity index (χ4v) is 1.23. The summed E-state index contributed by atoms with van der Waals surface area (Å²) in [6, 6.07) is 3.35. The standard InChI is InChI=1S/C12H14O4/c1-7-5-11(15-9(3)13)12(6-8(7)2)16-10(4)14/h5-6H,1-4H3. The van der Waals surface area contributed by atoms with Gasteiger partial charge in [0.05, 0.1) is 0 Å². The van der Waals surface area contributed by atoms with Crippen LogP contribution >= 0.6 is 0 Å². The van der Waals surface area contributed by atoms with Gasteiger partial charge in [-0.15, -0.1) is 0 Å². The molecule has 0 radical (unpaired) electrons. The average molecular weight is 222 g/mol. The Bertz CT molecular complexity index is 394. The van der Waals surface area contributed by atoms with Crippen molar-refractivity contribution in [2.75, 3.05) is 0 Å². The maximum atomic E-state index is 10.9. The van der Waals surface area contributed by atoms with Crippen molar-refractivity contribution in [3.8, 4) is 11.5 Å². The summed E-state index contributed by atoms with van der Waals surface area (Å²) in [5.41, 5.74) is 1.93. The molecule has 0 aliphatic carbocycles. The van der Waals surface area contributed by atoms with Gasteiger partial charge in [0.2, 0.25) is 0 Å². The molecule has 0 spiro atoms. The minimum absolute atomic E-state index is 0.269. The predicted octanol–water partition coefficient (Wildman–Crippen LogP) is 2.15. The van der Waals surface area contributed by atoms with Crippen LogP contribution in [0.15, 0.2) is 12.1 Å². The second-order valence-electron chi connectivity index (χ2n) is 3.57. The third-order valence-electron chi connectivity index (χ3n) is 2.07. The molecule has 0 fully saturated rings. The largest absolute Gasteiger partial charge is 0.423 e. The van der Waals surface area contributed by atoms with E-state index in [1.165, 1.54) is 13.8 Å². The summed E-state index contributed by atoms with van der Waals surface area (Å²) in [6.07, 6.45) is 0. The van der Waals surface area contributed by atoms with E-state index in [2.05, 4.69) is 0 Å². The third kappa shape index (κ3) is 3.08. The second kappa shape index (κ2) is 4.79. The van der Waals surface area contributed by atoms with Gasteiger partial charge >= 0.3 is 11.9 Å². The highest BCUT2D eigenvalue weighted by Crippen LogP contribution is 2.30. The average Bonchev–Trinajstić information content (AvgIpc) is 2.11. The summed E-state index contributed by atoms with van der Waals surface area (Å²) in [7, 11) is 0. The van der Waals surface area contributed by atoms with Gasteiger partial charge in [0.1, 0.15) is 0 Å². The Balaban J connectivity index is 3.15. The van der Waals surface area contributed by atoms with Crippen LogP contribution in [-0.4, -0.2) is 11.9 Å². The Labute approximate surface area is 94.2 Å². The number of benzene rings is 1. The zero-order valence-electron chi connectivity index (χ0n) is 9.79. The number of carbonyl (C=O) groups excluding carboxylic acids is 2. The topological polar surface area (TPSA) is 52.6 Å². The second-order valence-corrected chi connectivity index (χ2v) is 3.57. The summed E-state index contributed by atoms with van der Waals surface area (Å²) in [6.45, 7) is 6.37. The number of rotatable bonds is 2. The lowest BCUT2D eigenvalue weighted by molar-refractivity contribution is -0.134. The number of aryl methyl sites for hydroxylation is 2. The number of esters is 2. The molecule has 0 saturated carbocycles. The van der Waals surface area contributed by atoms with Crippen molar-refractivity contribution in [3.05, 3.63) is 23.3 Å². The molecular formula is C12H14O4. The van der Waals surface area contributed by atoms with E-state index in [4.69, 9.17) is 9.47 Å². The van der Waals surface area contributed by atoms with Crippen LogP contribution in [0.3, 0.4) is 0 Å². The summed E-state index contributed by atoms with van der Waals surface area (Å²) in [4.78, 5) is 21.8. The lowest BCUT2D eigenvalue weighted by atomic mass is 10.1. The van der Waals surface area contributed by atoms with Crippen LogP contribution in [0.25, 0.3) is 0 Å². The number of carbonyl (C=O) groups is 2. The number of hydrogen-bond donors (Lipinski definition) is 0. The molecule has 0 atom stereocenters. The lowest BCUT2D eigenvalue weighted by Gasteiger charge is -2.11. The van der Waals surface area contributed by atoms with Gasteiger partial charge in [-0.2, -0.15) is 0 Å². The van der Waals surface area contributed by atoms with Gasteiger partial charge in [0, 0.05) is 13.8 Å². The van der Waals surface area contributed by atoms with Crippen molar-refractivity contribution >= 4 is 11.9 Å². The molecular weight excluding hydrogens is 208 g/mol. The molecule has 0 aromatic heterocycles. The van der Waals surface area contributed by atoms with Crippen LogP contribution in [0, 0.1) is 13.8 Å². The molecule has 0 heterocycles. The molecule has 4 heteroatoms. The summed E-state index contributed by atoms with van der Waals surface area (Å²) in [5.74, 6) is -0.357. The van der Waals surface area contributed by atoms with Crippen molar-refractivity contribution in [1.82, 2.24) is 0 Å². The molecule has 1 rings (SSSR count). The first kappa shape index (κ1) is 12.2. The van der Waals surface area contributed by atoms with Crippen molar-refractivity contribution < 1.29 is 19.1 Å². The monoisotopic (exact) mass is 222 g/mol. The van der Waals surface area contributed by atoms with E-state index in [9.17, 15) is 9.59 Å². The van der Waals surface area contributed by atoms with E-state index < -0.39 is 11.9 Å². The van der Waals surface area contributed by atoms with Crippen molar-refractivity contribution in [2.24, 2.45) is 0 Å². The smallest absolute Gasteiger partial charge is 0.308 e. The Morgan fingerprint density at radius 2 is 1.19 bits per heavy atom. The van der Waals surface area contributed by atoms with E-state index in [0.29, 0.717) is 0 Å². The maximum Gasteiger partial charge on any atom is 0.308 e. The van der Waals surface area contributed by atoms with Crippen LogP contribution in [0.5, 0.6) is 11.5 Å². The Morgan fingerprint density at radius 3 is 1.44 bits per heavy atom. The highest BCUT2D eigenvalue weighted by atomic mass is 16.6. The minimum atomic E-state index is -0.448. The molecule has 1 aromatic carbocycles. The van der Waals surface area contributed by atoms with E-state index in [0.717, 1.165) is 11.1 Å². The molecule has 0 N–H and O–H groups in total. The molecule has 0 saturated heterocycles. The van der Waals surface area contributed by atoms with Crippen molar-refractivity contribution in [3.63, 3.8) is 0 Å². The zero-order chi connectivity index (χ0) is 12.3. The maximum absolute atomic E-state index is 10.9. The Morgan fingerprint density at radius 1 is 0.875 bits per heavy atom. The van der Waals surface area contributed by atoms with Gasteiger partial charge in [-0.3, -0.25) is 9.59 Å². The van der Waals surface area contributed by atoms with E-state index in [-0.39, 0.29) is 11.5 Å². The number of ether oxygens (including phenoxy) is 2. The Hall–Kier alpha value is -1.84. The highest BCUT2D eigenvalue weighted by molar-refractivity contribution is 5.74. The van der Waals surface area contributed by atoms with E-state index in [1.54, 1.807) is 12.1 Å². The third-order valence-corrected chi connectivity index (χ3v) is 2.07. The summed E-state index contributed by atoms with van der Waals surface area (Å²) in [5, 5.41) is 0. The first-order chi connectivity index (χ1) is 7.40. The van der Waals surface area contributed by atoms with Crippen LogP contribution in [0.2, 0.25) is 0 Å². The zero-order valence-corrected chi connectivity index (χ0v) is 9.79. The number of hydrogen-bond acceptors (Lipinski definition) is 4. The lowest BCUT2D eigenvalue weighted by Crippen LogP contribution is -2.07. The molecule has 0 aliphatic heterocycles. The fourth-order valence-electron chi connectivity index (χ4n) is 1.23. The highest BCUT2D eigenvalue weighted by Gasteiger charge is 2.11. The van der Waals surface area contributed by atoms with Gasteiger partial charge in [0.15, 0.2) is 11.5 Å². The van der Waals surface area contributed by atoms with Crippen LogP contribution in [0.4, 0.5) is 0 Å². The predicted molar refractivity (Wildman–Crippen MR) is 58.5 cm³/mol. The molecule has 4 nitrogen and oxygen atoms in total. The first-order valence-electron chi connectivity index (χ1n) is 4.88. The molecule has 0 bridgehead atoms. The molecule has 1 aromatic rings. The van der Waals surface area contributed by atoms with Crippen LogP contribution < -0.4 is 9.47 Å². The fraction of sp³-hybridized carbons (Fsp3) is 0.333. The molecule has 0 unspecified atom stereocenters. The van der Waals surface area contributed by atoms with Gasteiger partial charge in [-0.1, -0.05) is 0 Å². The quantitative estimate of drug-likeness (QED) is 0.568. The Kier molecular flexibility index (Phi) is 3.66. The molecule has 0 aliphatic rings. The van der Waals surface area contributed by atoms with Gasteiger partial charge in [-0.05, 0) is 37.1 Å². The van der Waals surface area contributed by atoms with Crippen LogP contribution in [0.1, 0.15) is 25.0 Å². The molecule has 0 amide bonds. The first-order valence-corrected chi connectivity index (χ1v) is 4.88. The SMILES string of the molecule is CC(=O)Oc1cc(C)c(C)cc1OC(C)=O. The van der Waals surface area contributed by atoms with E-state index >= 15 is 0 Å². The van der Waals surface area contributed by atoms with Crippen molar-refractivity contribution in [1.29, 1.82) is 0 Å². The summed E-state index contributed by atoms with van der Waals surface area (Å²) >= 11 is 0. The normalized spacial score (nSPS) is 9.75. The molecule has 86 valence electrons. The van der Waals surface area contributed by atoms with Gasteiger partial charge in [-0.25, -0.2) is 0 Å². The van der Waals surface area contributed by atoms with Crippen LogP contribution in [-0.2, 0) is 9.59 Å². The minimum Gasteiger partial charge on any atom is -0.423 e.